The van der Waals surface area contributed by atoms with Gasteiger partial charge in [-0.3, -0.25) is 0 Å². The highest BCUT2D eigenvalue weighted by Gasteiger charge is 2.21. The predicted molar refractivity (Wildman–Crippen MR) is 142 cm³/mol. The van der Waals surface area contributed by atoms with Crippen molar-refractivity contribution in [2.45, 2.75) is 32.7 Å². The van der Waals surface area contributed by atoms with Crippen LogP contribution in [0.15, 0.2) is 48.5 Å². The van der Waals surface area contributed by atoms with Gasteiger partial charge in [0.2, 0.25) is 17.8 Å². The highest BCUT2D eigenvalue weighted by atomic mass is 16.5. The van der Waals surface area contributed by atoms with Crippen LogP contribution in [0.3, 0.4) is 0 Å². The Morgan fingerprint density at radius 3 is 2.28 bits per heavy atom. The normalized spacial score (nSPS) is 16.5. The lowest BCUT2D eigenvalue weighted by Gasteiger charge is -2.30. The van der Waals surface area contributed by atoms with Crippen molar-refractivity contribution in [1.29, 1.82) is 0 Å². The zero-order chi connectivity index (χ0) is 24.3. The highest BCUT2D eigenvalue weighted by molar-refractivity contribution is 5.81. The van der Waals surface area contributed by atoms with E-state index >= 15 is 0 Å². The number of hydrogen-bond donors (Lipinski definition) is 1. The predicted octanol–water partition coefficient (Wildman–Crippen LogP) is 4.15. The van der Waals surface area contributed by atoms with Crippen LogP contribution in [-0.2, 0) is 11.3 Å². The Morgan fingerprint density at radius 2 is 1.53 bits per heavy atom. The van der Waals surface area contributed by atoms with E-state index in [2.05, 4.69) is 63.0 Å². The third kappa shape index (κ3) is 4.83. The molecule has 186 valence electrons. The Morgan fingerprint density at radius 1 is 0.806 bits per heavy atom. The number of anilines is 4. The minimum atomic E-state index is 0.567. The van der Waals surface area contributed by atoms with Gasteiger partial charge in [0.1, 0.15) is 5.82 Å². The van der Waals surface area contributed by atoms with Crippen LogP contribution in [-0.4, -0.2) is 63.9 Å². The molecule has 2 aromatic carbocycles. The van der Waals surface area contributed by atoms with Gasteiger partial charge < -0.3 is 24.4 Å². The number of imidazole rings is 1. The van der Waals surface area contributed by atoms with Gasteiger partial charge in [0.15, 0.2) is 0 Å². The minimum absolute atomic E-state index is 0.567. The van der Waals surface area contributed by atoms with Crippen LogP contribution in [0.2, 0.25) is 0 Å². The summed E-state index contributed by atoms with van der Waals surface area (Å²) in [4.78, 5) is 23.7. The van der Waals surface area contributed by atoms with Gasteiger partial charge >= 0.3 is 0 Å². The van der Waals surface area contributed by atoms with Gasteiger partial charge in [-0.25, -0.2) is 4.98 Å². The fourth-order valence-corrected chi connectivity index (χ4v) is 4.97. The van der Waals surface area contributed by atoms with E-state index < -0.39 is 0 Å². The summed E-state index contributed by atoms with van der Waals surface area (Å²) in [5.74, 6) is 3.02. The molecule has 0 atom stereocenters. The van der Waals surface area contributed by atoms with Crippen molar-refractivity contribution in [3.05, 3.63) is 59.9 Å². The van der Waals surface area contributed by atoms with Crippen molar-refractivity contribution in [2.75, 3.05) is 54.5 Å². The molecule has 1 N–H and O–H groups in total. The largest absolute Gasteiger partial charge is 0.378 e. The first-order chi connectivity index (χ1) is 17.7. The van der Waals surface area contributed by atoms with Gasteiger partial charge in [-0.05, 0) is 49.9 Å². The number of aromatic nitrogens is 5. The molecule has 0 saturated carbocycles. The standard InChI is InChI=1S/C27H32N8O/c1-20-28-23-11-10-22(18-24(23)35(20)19-21-8-4-2-5-9-21)29-25-30-26(33-12-6-3-7-13-33)32-27(31-25)34-14-16-36-17-15-34/h2,4-5,8-11,18H,3,6-7,12-17,19H2,1H3,(H,29,30,31,32). The van der Waals surface area contributed by atoms with E-state index in [-0.39, 0.29) is 0 Å². The molecule has 9 heteroatoms. The van der Waals surface area contributed by atoms with Crippen LogP contribution >= 0.6 is 0 Å². The molecule has 4 aromatic rings. The van der Waals surface area contributed by atoms with E-state index in [0.717, 1.165) is 61.2 Å². The van der Waals surface area contributed by atoms with Gasteiger partial charge in [0, 0.05) is 38.4 Å². The van der Waals surface area contributed by atoms with Crippen LogP contribution in [0.4, 0.5) is 23.5 Å². The topological polar surface area (TPSA) is 84.2 Å². The number of aryl methyl sites for hydroxylation is 1. The number of hydrogen-bond acceptors (Lipinski definition) is 8. The minimum Gasteiger partial charge on any atom is -0.378 e. The number of piperidine rings is 1. The summed E-state index contributed by atoms with van der Waals surface area (Å²) < 4.78 is 7.79. The SMILES string of the molecule is Cc1nc2ccc(Nc3nc(N4CCCCC4)nc(N4CCOCC4)n3)cc2n1Cc1ccccc1. The van der Waals surface area contributed by atoms with Gasteiger partial charge in [-0.1, -0.05) is 30.3 Å². The third-order valence-electron chi connectivity index (χ3n) is 6.92. The Balaban J connectivity index is 1.33. The van der Waals surface area contributed by atoms with E-state index in [1.807, 2.05) is 12.1 Å². The summed E-state index contributed by atoms with van der Waals surface area (Å²) >= 11 is 0. The van der Waals surface area contributed by atoms with E-state index in [0.29, 0.717) is 25.1 Å². The molecule has 0 bridgehead atoms. The van der Waals surface area contributed by atoms with Crippen LogP contribution in [0.25, 0.3) is 11.0 Å². The second-order valence-electron chi connectivity index (χ2n) is 9.47. The lowest BCUT2D eigenvalue weighted by molar-refractivity contribution is 0.122. The molecule has 0 aliphatic carbocycles. The number of nitrogens with zero attached hydrogens (tertiary/aromatic N) is 7. The maximum Gasteiger partial charge on any atom is 0.233 e. The molecular formula is C27H32N8O. The molecule has 6 rings (SSSR count). The molecule has 2 aliphatic rings. The van der Waals surface area contributed by atoms with Crippen molar-refractivity contribution in [2.24, 2.45) is 0 Å². The maximum atomic E-state index is 5.54. The van der Waals surface area contributed by atoms with Gasteiger partial charge in [0.05, 0.1) is 24.2 Å². The first-order valence-corrected chi connectivity index (χ1v) is 12.8. The zero-order valence-electron chi connectivity index (χ0n) is 20.7. The van der Waals surface area contributed by atoms with E-state index in [9.17, 15) is 0 Å². The van der Waals surface area contributed by atoms with Gasteiger partial charge in [-0.2, -0.15) is 15.0 Å². The number of benzene rings is 2. The highest BCUT2D eigenvalue weighted by Crippen LogP contribution is 2.26. The summed E-state index contributed by atoms with van der Waals surface area (Å²) in [6.07, 6.45) is 3.60. The third-order valence-corrected chi connectivity index (χ3v) is 6.92. The average molecular weight is 485 g/mol. The van der Waals surface area contributed by atoms with E-state index in [1.165, 1.54) is 24.8 Å². The second-order valence-corrected chi connectivity index (χ2v) is 9.47. The number of fused-ring (bicyclic) bond motifs is 1. The molecule has 2 aliphatic heterocycles. The van der Waals surface area contributed by atoms with Gasteiger partial charge in [0.25, 0.3) is 0 Å². The average Bonchev–Trinajstić information content (AvgIpc) is 3.24. The molecule has 0 radical (unpaired) electrons. The molecule has 4 heterocycles. The van der Waals surface area contributed by atoms with Crippen molar-refractivity contribution in [3.63, 3.8) is 0 Å². The molecule has 2 aromatic heterocycles. The quantitative estimate of drug-likeness (QED) is 0.437. The lowest BCUT2D eigenvalue weighted by atomic mass is 10.1. The maximum absolute atomic E-state index is 5.54. The van der Waals surface area contributed by atoms with Crippen molar-refractivity contribution in [1.82, 2.24) is 24.5 Å². The number of rotatable bonds is 6. The lowest BCUT2D eigenvalue weighted by Crippen LogP contribution is -2.38. The fourth-order valence-electron chi connectivity index (χ4n) is 4.97. The summed E-state index contributed by atoms with van der Waals surface area (Å²) in [5.41, 5.74) is 4.24. The molecule has 0 amide bonds. The van der Waals surface area contributed by atoms with E-state index in [1.54, 1.807) is 0 Å². The van der Waals surface area contributed by atoms with Crippen molar-refractivity contribution >= 4 is 34.6 Å². The summed E-state index contributed by atoms with van der Waals surface area (Å²) in [6.45, 7) is 7.75. The number of morpholine rings is 1. The molecule has 0 spiro atoms. The van der Waals surface area contributed by atoms with E-state index in [4.69, 9.17) is 24.7 Å². The summed E-state index contributed by atoms with van der Waals surface area (Å²) in [5, 5.41) is 3.47. The van der Waals surface area contributed by atoms with Crippen LogP contribution < -0.4 is 15.1 Å². The molecule has 9 nitrogen and oxygen atoms in total. The molecule has 36 heavy (non-hydrogen) atoms. The number of nitrogens with one attached hydrogen (secondary N) is 1. The Kier molecular flexibility index (Phi) is 6.38. The Bertz CT molecular complexity index is 1290. The van der Waals surface area contributed by atoms with Gasteiger partial charge in [-0.15, -0.1) is 0 Å². The van der Waals surface area contributed by atoms with Crippen LogP contribution in [0, 0.1) is 6.92 Å². The summed E-state index contributed by atoms with van der Waals surface area (Å²) in [7, 11) is 0. The first-order valence-electron chi connectivity index (χ1n) is 12.8. The fraction of sp³-hybridized carbons (Fsp3) is 0.407. The summed E-state index contributed by atoms with van der Waals surface area (Å²) in [6, 6.07) is 16.7. The number of ether oxygens (including phenoxy) is 1. The Labute approximate surface area is 211 Å². The van der Waals surface area contributed by atoms with Crippen molar-refractivity contribution < 1.29 is 4.74 Å². The molecule has 0 unspecified atom stereocenters. The molecule has 2 fully saturated rings. The molecular weight excluding hydrogens is 452 g/mol. The smallest absolute Gasteiger partial charge is 0.233 e. The van der Waals surface area contributed by atoms with Crippen molar-refractivity contribution in [3.8, 4) is 0 Å². The van der Waals surface area contributed by atoms with Crippen LogP contribution in [0.5, 0.6) is 0 Å². The molecule has 2 saturated heterocycles. The monoisotopic (exact) mass is 484 g/mol. The van der Waals surface area contributed by atoms with Crippen LogP contribution in [0.1, 0.15) is 30.7 Å². The second kappa shape index (κ2) is 10.1. The zero-order valence-corrected chi connectivity index (χ0v) is 20.7. The first kappa shape index (κ1) is 22.7. The Hall–Kier alpha value is -3.72.